The summed E-state index contributed by atoms with van der Waals surface area (Å²) in [5, 5.41) is 0.637. The van der Waals surface area contributed by atoms with Gasteiger partial charge in [0, 0.05) is 11.4 Å². The van der Waals surface area contributed by atoms with Crippen LogP contribution in [0.1, 0.15) is 35.4 Å². The van der Waals surface area contributed by atoms with Gasteiger partial charge in [-0.3, -0.25) is 0 Å². The molecule has 1 atom stereocenters. The molecule has 0 saturated carbocycles. The first kappa shape index (κ1) is 15.5. The fourth-order valence-corrected chi connectivity index (χ4v) is 4.87. The standard InChI is InChI=1S/C15H19N3O2S2/c1-2-17-22(19,20)12-6-3-10(4-7-12)11-5-8-13-14(9-11)21-15(16)18-13/h3-4,6-7,11,17H,2,5,8-9H2,1H3,(H2,16,18). The maximum atomic E-state index is 12.0. The lowest BCUT2D eigenvalue weighted by Gasteiger charge is -2.21. The van der Waals surface area contributed by atoms with Crippen molar-refractivity contribution in [1.29, 1.82) is 0 Å². The highest BCUT2D eigenvalue weighted by Crippen LogP contribution is 2.36. The highest BCUT2D eigenvalue weighted by molar-refractivity contribution is 7.89. The van der Waals surface area contributed by atoms with Gasteiger partial charge in [0.05, 0.1) is 10.6 Å². The Morgan fingerprint density at radius 1 is 1.36 bits per heavy atom. The molecular formula is C15H19N3O2S2. The number of anilines is 1. The van der Waals surface area contributed by atoms with Gasteiger partial charge < -0.3 is 5.73 Å². The second kappa shape index (κ2) is 5.98. The summed E-state index contributed by atoms with van der Waals surface area (Å²) in [4.78, 5) is 5.93. The van der Waals surface area contributed by atoms with E-state index in [1.165, 1.54) is 10.4 Å². The van der Waals surface area contributed by atoms with Gasteiger partial charge in [0.25, 0.3) is 0 Å². The van der Waals surface area contributed by atoms with E-state index >= 15 is 0 Å². The molecule has 7 heteroatoms. The predicted octanol–water partition coefficient (Wildman–Crippen LogP) is 2.30. The predicted molar refractivity (Wildman–Crippen MR) is 88.6 cm³/mol. The SMILES string of the molecule is CCNS(=O)(=O)c1ccc(C2CCc3nc(N)sc3C2)cc1. The van der Waals surface area contributed by atoms with Crippen LogP contribution in [0, 0.1) is 0 Å². The van der Waals surface area contributed by atoms with Crippen LogP contribution in [0.3, 0.4) is 0 Å². The van der Waals surface area contributed by atoms with Crippen molar-refractivity contribution >= 4 is 26.5 Å². The number of aromatic nitrogens is 1. The number of nitrogen functional groups attached to an aromatic ring is 1. The maximum absolute atomic E-state index is 12.0. The first-order chi connectivity index (χ1) is 10.5. The number of hydrogen-bond acceptors (Lipinski definition) is 5. The Morgan fingerprint density at radius 3 is 2.77 bits per heavy atom. The van der Waals surface area contributed by atoms with Crippen molar-refractivity contribution in [2.45, 2.75) is 37.0 Å². The zero-order chi connectivity index (χ0) is 15.7. The first-order valence-electron chi connectivity index (χ1n) is 7.33. The maximum Gasteiger partial charge on any atom is 0.240 e. The molecule has 1 aromatic heterocycles. The first-order valence-corrected chi connectivity index (χ1v) is 9.63. The zero-order valence-corrected chi connectivity index (χ0v) is 14.0. The lowest BCUT2D eigenvalue weighted by molar-refractivity contribution is 0.580. The van der Waals surface area contributed by atoms with E-state index in [1.54, 1.807) is 30.4 Å². The van der Waals surface area contributed by atoms with E-state index in [0.29, 0.717) is 22.5 Å². The van der Waals surface area contributed by atoms with Crippen LogP contribution in [0.2, 0.25) is 0 Å². The lowest BCUT2D eigenvalue weighted by atomic mass is 9.85. The molecule has 5 nitrogen and oxygen atoms in total. The Labute approximate surface area is 134 Å². The zero-order valence-electron chi connectivity index (χ0n) is 12.4. The summed E-state index contributed by atoms with van der Waals surface area (Å²) in [6.45, 7) is 2.16. The van der Waals surface area contributed by atoms with Gasteiger partial charge in [0.15, 0.2) is 5.13 Å². The average Bonchev–Trinajstić information content (AvgIpc) is 2.86. The van der Waals surface area contributed by atoms with Gasteiger partial charge in [-0.25, -0.2) is 18.1 Å². The molecule has 0 amide bonds. The van der Waals surface area contributed by atoms with Crippen LogP contribution in [0.5, 0.6) is 0 Å². The summed E-state index contributed by atoms with van der Waals surface area (Å²) < 4.78 is 26.4. The van der Waals surface area contributed by atoms with Gasteiger partial charge in [-0.1, -0.05) is 19.1 Å². The summed E-state index contributed by atoms with van der Waals surface area (Å²) in [7, 11) is -3.38. The molecule has 22 heavy (non-hydrogen) atoms. The summed E-state index contributed by atoms with van der Waals surface area (Å²) >= 11 is 1.56. The van der Waals surface area contributed by atoms with Crippen LogP contribution in [0.25, 0.3) is 0 Å². The largest absolute Gasteiger partial charge is 0.375 e. The topological polar surface area (TPSA) is 85.1 Å². The van der Waals surface area contributed by atoms with E-state index in [-0.39, 0.29) is 0 Å². The third kappa shape index (κ3) is 3.02. The average molecular weight is 337 g/mol. The summed E-state index contributed by atoms with van der Waals surface area (Å²) in [5.74, 6) is 0.406. The Balaban J connectivity index is 1.80. The van der Waals surface area contributed by atoms with Gasteiger partial charge in [-0.05, 0) is 42.9 Å². The number of sulfonamides is 1. The van der Waals surface area contributed by atoms with E-state index in [4.69, 9.17) is 5.73 Å². The molecular weight excluding hydrogens is 318 g/mol. The molecule has 1 aliphatic rings. The molecule has 0 fully saturated rings. The number of benzene rings is 1. The van der Waals surface area contributed by atoms with Crippen molar-refractivity contribution in [3.8, 4) is 0 Å². The quantitative estimate of drug-likeness (QED) is 0.896. The Morgan fingerprint density at radius 2 is 2.09 bits per heavy atom. The van der Waals surface area contributed by atoms with Crippen molar-refractivity contribution in [3.63, 3.8) is 0 Å². The monoisotopic (exact) mass is 337 g/mol. The van der Waals surface area contributed by atoms with Crippen LogP contribution < -0.4 is 10.5 Å². The van der Waals surface area contributed by atoms with Crippen molar-refractivity contribution in [2.24, 2.45) is 0 Å². The molecule has 1 unspecified atom stereocenters. The number of fused-ring (bicyclic) bond motifs is 1. The van der Waals surface area contributed by atoms with Crippen molar-refractivity contribution in [3.05, 3.63) is 40.4 Å². The van der Waals surface area contributed by atoms with Crippen LogP contribution >= 0.6 is 11.3 Å². The second-order valence-corrected chi connectivity index (χ2v) is 8.31. The van der Waals surface area contributed by atoms with Crippen LogP contribution in [0.15, 0.2) is 29.2 Å². The fraction of sp³-hybridized carbons (Fsp3) is 0.400. The molecule has 0 bridgehead atoms. The summed E-state index contributed by atoms with van der Waals surface area (Å²) in [6.07, 6.45) is 2.89. The third-order valence-electron chi connectivity index (χ3n) is 3.95. The summed E-state index contributed by atoms with van der Waals surface area (Å²) in [5.41, 5.74) is 8.08. The van der Waals surface area contributed by atoms with Gasteiger partial charge in [0.1, 0.15) is 0 Å². The van der Waals surface area contributed by atoms with Crippen molar-refractivity contribution < 1.29 is 8.42 Å². The number of aryl methyl sites for hydroxylation is 1. The Kier molecular flexibility index (Phi) is 4.20. The molecule has 0 radical (unpaired) electrons. The third-order valence-corrected chi connectivity index (χ3v) is 6.46. The molecule has 1 aliphatic carbocycles. The van der Waals surface area contributed by atoms with E-state index in [1.807, 2.05) is 12.1 Å². The van der Waals surface area contributed by atoms with Crippen molar-refractivity contribution in [1.82, 2.24) is 9.71 Å². The van der Waals surface area contributed by atoms with Crippen LogP contribution in [0.4, 0.5) is 5.13 Å². The number of rotatable bonds is 4. The molecule has 2 aromatic rings. The Bertz CT molecular complexity index is 767. The van der Waals surface area contributed by atoms with E-state index < -0.39 is 10.0 Å². The number of nitrogens with one attached hydrogen (secondary N) is 1. The van der Waals surface area contributed by atoms with Gasteiger partial charge in [-0.15, -0.1) is 11.3 Å². The van der Waals surface area contributed by atoms with Crippen LogP contribution in [-0.4, -0.2) is 19.9 Å². The Hall–Kier alpha value is -1.44. The fourth-order valence-electron chi connectivity index (χ4n) is 2.87. The molecule has 1 heterocycles. The minimum atomic E-state index is -3.38. The number of hydrogen-bond donors (Lipinski definition) is 2. The normalized spacial score (nSPS) is 18.1. The molecule has 3 rings (SSSR count). The minimum absolute atomic E-state index is 0.316. The number of nitrogens with zero attached hydrogens (tertiary/aromatic N) is 1. The van der Waals surface area contributed by atoms with Gasteiger partial charge in [0.2, 0.25) is 10.0 Å². The van der Waals surface area contributed by atoms with Gasteiger partial charge >= 0.3 is 0 Å². The summed E-state index contributed by atoms with van der Waals surface area (Å²) in [6, 6.07) is 7.21. The molecule has 1 aromatic carbocycles. The van der Waals surface area contributed by atoms with E-state index in [9.17, 15) is 8.42 Å². The van der Waals surface area contributed by atoms with Crippen LogP contribution in [-0.2, 0) is 22.9 Å². The number of thiazole rings is 1. The molecule has 0 spiro atoms. The molecule has 118 valence electrons. The minimum Gasteiger partial charge on any atom is -0.375 e. The lowest BCUT2D eigenvalue weighted by Crippen LogP contribution is -2.23. The molecule has 0 saturated heterocycles. The van der Waals surface area contributed by atoms with Crippen molar-refractivity contribution in [2.75, 3.05) is 12.3 Å². The highest BCUT2D eigenvalue weighted by atomic mass is 32.2. The molecule has 3 N–H and O–H groups in total. The van der Waals surface area contributed by atoms with Gasteiger partial charge in [-0.2, -0.15) is 0 Å². The molecule has 0 aliphatic heterocycles. The van der Waals surface area contributed by atoms with E-state index in [0.717, 1.165) is 25.0 Å². The highest BCUT2D eigenvalue weighted by Gasteiger charge is 2.23. The van der Waals surface area contributed by atoms with E-state index in [2.05, 4.69) is 9.71 Å². The number of nitrogens with two attached hydrogens (primary N) is 1. The second-order valence-electron chi connectivity index (χ2n) is 5.43. The smallest absolute Gasteiger partial charge is 0.240 e.